The average Bonchev–Trinajstić information content (AvgIpc) is 2.71. The summed E-state index contributed by atoms with van der Waals surface area (Å²) in [6, 6.07) is 0. The summed E-state index contributed by atoms with van der Waals surface area (Å²) in [4.78, 5) is 47.7. The summed E-state index contributed by atoms with van der Waals surface area (Å²) < 4.78 is 0. The summed E-state index contributed by atoms with van der Waals surface area (Å²) in [7, 11) is 0. The smallest absolute Gasteiger partial charge is 0.426 e. The zero-order valence-corrected chi connectivity index (χ0v) is 14.0. The number of carbonyl (C=O) groups excluding carboxylic acids is 3. The lowest BCUT2D eigenvalue weighted by Crippen LogP contribution is -2.58. The third kappa shape index (κ3) is 4.54. The minimum absolute atomic E-state index is 0.0909. The van der Waals surface area contributed by atoms with Gasteiger partial charge >= 0.3 is 6.09 Å². The van der Waals surface area contributed by atoms with Gasteiger partial charge in [0.05, 0.1) is 5.54 Å². The molecule has 0 aromatic rings. The molecule has 0 aromatic heterocycles. The van der Waals surface area contributed by atoms with Gasteiger partial charge in [0.1, 0.15) is 0 Å². The van der Waals surface area contributed by atoms with Crippen LogP contribution in [-0.2, 0) is 14.4 Å². The van der Waals surface area contributed by atoms with Gasteiger partial charge in [-0.05, 0) is 27.2 Å². The van der Waals surface area contributed by atoms with Crippen LogP contribution < -0.4 is 5.43 Å². The summed E-state index contributed by atoms with van der Waals surface area (Å²) in [6.07, 6.45) is 1.31. The van der Waals surface area contributed by atoms with Crippen molar-refractivity contribution >= 4 is 23.8 Å². The van der Waals surface area contributed by atoms with Crippen molar-refractivity contribution in [2.75, 3.05) is 6.54 Å². The van der Waals surface area contributed by atoms with Gasteiger partial charge in [-0.25, -0.2) is 9.80 Å². The molecule has 1 heterocycles. The lowest BCUT2D eigenvalue weighted by Gasteiger charge is -2.36. The Hall–Kier alpha value is -2.38. The number of hydrazine groups is 1. The second-order valence-corrected chi connectivity index (χ2v) is 7.03. The van der Waals surface area contributed by atoms with Gasteiger partial charge < -0.3 is 5.11 Å². The molecule has 4 amide bonds. The van der Waals surface area contributed by atoms with Gasteiger partial charge in [-0.1, -0.05) is 13.8 Å². The largest absolute Gasteiger partial charge is 0.464 e. The first-order valence-corrected chi connectivity index (χ1v) is 7.24. The summed E-state index contributed by atoms with van der Waals surface area (Å²) in [6.45, 7) is 8.31. The van der Waals surface area contributed by atoms with Gasteiger partial charge in [0.25, 0.3) is 11.8 Å². The lowest BCUT2D eigenvalue weighted by molar-refractivity contribution is -0.140. The average molecular weight is 325 g/mol. The van der Waals surface area contributed by atoms with Gasteiger partial charge in [0.15, 0.2) is 0 Å². The molecule has 0 bridgehead atoms. The molecule has 128 valence electrons. The summed E-state index contributed by atoms with van der Waals surface area (Å²) in [5.41, 5.74) is 0.626. The van der Waals surface area contributed by atoms with Crippen molar-refractivity contribution in [2.24, 2.45) is 5.41 Å². The van der Waals surface area contributed by atoms with Crippen LogP contribution in [0.25, 0.3) is 0 Å². The van der Waals surface area contributed by atoms with E-state index in [4.69, 9.17) is 0 Å². The number of carboxylic acid groups (broad SMARTS) is 1. The summed E-state index contributed by atoms with van der Waals surface area (Å²) in [5, 5.41) is 10.0. The maximum atomic E-state index is 12.4. The number of nitrogens with one attached hydrogen (secondary N) is 1. The minimum atomic E-state index is -1.27. The van der Waals surface area contributed by atoms with Crippen LogP contribution in [0.15, 0.2) is 12.2 Å². The molecule has 1 aliphatic rings. The fourth-order valence-corrected chi connectivity index (χ4v) is 1.91. The van der Waals surface area contributed by atoms with E-state index < -0.39 is 34.8 Å². The first kappa shape index (κ1) is 18.7. The Kier molecular flexibility index (Phi) is 5.19. The highest BCUT2D eigenvalue weighted by Gasteiger charge is 2.35. The van der Waals surface area contributed by atoms with Gasteiger partial charge in [-0.15, -0.1) is 0 Å². The Morgan fingerprint density at radius 1 is 1.13 bits per heavy atom. The molecular weight excluding hydrogens is 302 g/mol. The molecule has 0 spiro atoms. The SMILES string of the molecule is CC(C)(CCN1C(=O)C=CC1=O)C(=O)NN(C(=O)O)C(C)(C)C. The molecule has 1 rings (SSSR count). The molecule has 0 unspecified atom stereocenters. The molecule has 0 aliphatic carbocycles. The van der Waals surface area contributed by atoms with Crippen molar-refractivity contribution < 1.29 is 24.3 Å². The highest BCUT2D eigenvalue weighted by atomic mass is 16.4. The van der Waals surface area contributed by atoms with Gasteiger partial charge in [-0.2, -0.15) is 0 Å². The van der Waals surface area contributed by atoms with Crippen LogP contribution in [0.4, 0.5) is 4.79 Å². The third-order valence-electron chi connectivity index (χ3n) is 3.55. The molecular formula is C15H23N3O5. The second-order valence-electron chi connectivity index (χ2n) is 7.03. The van der Waals surface area contributed by atoms with Crippen LogP contribution in [0.3, 0.4) is 0 Å². The van der Waals surface area contributed by atoms with E-state index in [1.165, 1.54) is 12.2 Å². The molecule has 8 heteroatoms. The maximum Gasteiger partial charge on any atom is 0.426 e. The number of rotatable bonds is 4. The molecule has 0 aromatic carbocycles. The number of hydrogen-bond acceptors (Lipinski definition) is 4. The first-order valence-electron chi connectivity index (χ1n) is 7.24. The monoisotopic (exact) mass is 325 g/mol. The highest BCUT2D eigenvalue weighted by molar-refractivity contribution is 6.12. The van der Waals surface area contributed by atoms with Crippen molar-refractivity contribution in [3.05, 3.63) is 12.2 Å². The Morgan fingerprint density at radius 3 is 2.00 bits per heavy atom. The van der Waals surface area contributed by atoms with Crippen molar-refractivity contribution in [1.82, 2.24) is 15.3 Å². The fraction of sp³-hybridized carbons (Fsp3) is 0.600. The summed E-state index contributed by atoms with van der Waals surface area (Å²) in [5.74, 6) is -1.32. The second kappa shape index (κ2) is 6.39. The normalized spacial score (nSPS) is 15.1. The van der Waals surface area contributed by atoms with Crippen molar-refractivity contribution in [3.63, 3.8) is 0 Å². The molecule has 23 heavy (non-hydrogen) atoms. The van der Waals surface area contributed by atoms with Gasteiger partial charge in [-0.3, -0.25) is 24.7 Å². The molecule has 0 atom stereocenters. The van der Waals surface area contributed by atoms with Crippen LogP contribution in [0.5, 0.6) is 0 Å². The van der Waals surface area contributed by atoms with Crippen LogP contribution in [0.1, 0.15) is 41.0 Å². The zero-order valence-electron chi connectivity index (χ0n) is 14.0. The lowest BCUT2D eigenvalue weighted by atomic mass is 9.88. The van der Waals surface area contributed by atoms with Crippen molar-refractivity contribution in [3.8, 4) is 0 Å². The van der Waals surface area contributed by atoms with Crippen LogP contribution in [0, 0.1) is 5.41 Å². The standard InChI is InChI=1S/C15H23N3O5/c1-14(2,3)18(13(22)23)16-12(21)15(4,5)8-9-17-10(19)6-7-11(17)20/h6-7H,8-9H2,1-5H3,(H,16,21)(H,22,23). The first-order chi connectivity index (χ1) is 10.4. The molecule has 0 saturated heterocycles. The fourth-order valence-electron chi connectivity index (χ4n) is 1.91. The Balaban J connectivity index is 2.71. The van der Waals surface area contributed by atoms with E-state index in [1.807, 2.05) is 0 Å². The van der Waals surface area contributed by atoms with E-state index in [0.29, 0.717) is 0 Å². The van der Waals surface area contributed by atoms with Crippen LogP contribution in [-0.4, -0.2) is 50.9 Å². The van der Waals surface area contributed by atoms with E-state index in [1.54, 1.807) is 34.6 Å². The zero-order chi connectivity index (χ0) is 18.0. The number of hydrogen-bond donors (Lipinski definition) is 2. The molecule has 0 fully saturated rings. The van der Waals surface area contributed by atoms with E-state index in [0.717, 1.165) is 9.91 Å². The van der Waals surface area contributed by atoms with E-state index in [2.05, 4.69) is 5.43 Å². The molecule has 2 N–H and O–H groups in total. The predicted octanol–water partition coefficient (Wildman–Crippen LogP) is 1.14. The van der Waals surface area contributed by atoms with Gasteiger partial charge in [0.2, 0.25) is 5.91 Å². The van der Waals surface area contributed by atoms with E-state index in [9.17, 15) is 24.3 Å². The molecule has 1 aliphatic heterocycles. The topological polar surface area (TPSA) is 107 Å². The Labute approximate surface area is 135 Å². The molecule has 0 radical (unpaired) electrons. The number of carbonyl (C=O) groups is 4. The third-order valence-corrected chi connectivity index (χ3v) is 3.55. The highest BCUT2D eigenvalue weighted by Crippen LogP contribution is 2.23. The van der Waals surface area contributed by atoms with Crippen molar-refractivity contribution in [1.29, 1.82) is 0 Å². The molecule has 8 nitrogen and oxygen atoms in total. The van der Waals surface area contributed by atoms with Crippen LogP contribution in [0.2, 0.25) is 0 Å². The maximum absolute atomic E-state index is 12.4. The number of imide groups is 1. The van der Waals surface area contributed by atoms with Crippen molar-refractivity contribution in [2.45, 2.75) is 46.6 Å². The number of nitrogens with zero attached hydrogens (tertiary/aromatic N) is 2. The Bertz CT molecular complexity index is 542. The van der Waals surface area contributed by atoms with E-state index in [-0.39, 0.29) is 13.0 Å². The Morgan fingerprint density at radius 2 is 1.61 bits per heavy atom. The van der Waals surface area contributed by atoms with E-state index >= 15 is 0 Å². The molecule has 0 saturated carbocycles. The summed E-state index contributed by atoms with van der Waals surface area (Å²) >= 11 is 0. The predicted molar refractivity (Wildman–Crippen MR) is 82.0 cm³/mol. The number of amides is 4. The van der Waals surface area contributed by atoms with Crippen LogP contribution >= 0.6 is 0 Å². The minimum Gasteiger partial charge on any atom is -0.464 e. The van der Waals surface area contributed by atoms with Gasteiger partial charge in [0, 0.05) is 24.1 Å². The quantitative estimate of drug-likeness (QED) is 0.595.